The minimum atomic E-state index is -0.327. The summed E-state index contributed by atoms with van der Waals surface area (Å²) in [4.78, 5) is 36.4. The lowest BCUT2D eigenvalue weighted by atomic mass is 10.0. The second kappa shape index (κ2) is 8.20. The van der Waals surface area contributed by atoms with E-state index in [1.165, 1.54) is 35.8 Å². The molecule has 0 aliphatic carbocycles. The first-order valence-electron chi connectivity index (χ1n) is 9.59. The first-order chi connectivity index (χ1) is 14.0. The van der Waals surface area contributed by atoms with Crippen LogP contribution in [0.15, 0.2) is 35.4 Å². The van der Waals surface area contributed by atoms with Gasteiger partial charge in [0.05, 0.1) is 12.8 Å². The van der Waals surface area contributed by atoms with Crippen molar-refractivity contribution in [3.05, 3.63) is 40.9 Å². The number of hydrogen-bond acceptors (Lipinski definition) is 7. The molecule has 1 N–H and O–H groups in total. The number of fused-ring (bicyclic) bond motifs is 1. The maximum absolute atomic E-state index is 12.9. The van der Waals surface area contributed by atoms with Crippen molar-refractivity contribution in [2.24, 2.45) is 5.92 Å². The topological polar surface area (TPSA) is 89.3 Å². The van der Waals surface area contributed by atoms with Gasteiger partial charge in [-0.3, -0.25) is 14.2 Å². The zero-order valence-electron chi connectivity index (χ0n) is 16.4. The molecule has 1 aliphatic heterocycles. The summed E-state index contributed by atoms with van der Waals surface area (Å²) in [6.45, 7) is 3.98. The van der Waals surface area contributed by atoms with Gasteiger partial charge in [0.25, 0.3) is 5.56 Å². The summed E-state index contributed by atoms with van der Waals surface area (Å²) in [7, 11) is 1.54. The highest BCUT2D eigenvalue weighted by Gasteiger charge is 2.21. The maximum atomic E-state index is 12.9. The van der Waals surface area contributed by atoms with Crippen LogP contribution in [0.25, 0.3) is 10.3 Å². The number of methoxy groups -OCH3 is 1. The van der Waals surface area contributed by atoms with Crippen molar-refractivity contribution in [3.8, 4) is 5.75 Å². The smallest absolute Gasteiger partial charge is 0.273 e. The van der Waals surface area contributed by atoms with Gasteiger partial charge >= 0.3 is 0 Å². The van der Waals surface area contributed by atoms with Crippen LogP contribution in [0.5, 0.6) is 5.75 Å². The van der Waals surface area contributed by atoms with Crippen LogP contribution in [0.1, 0.15) is 19.8 Å². The predicted molar refractivity (Wildman–Crippen MR) is 114 cm³/mol. The van der Waals surface area contributed by atoms with Gasteiger partial charge in [0.1, 0.15) is 23.3 Å². The molecule has 29 heavy (non-hydrogen) atoms. The van der Waals surface area contributed by atoms with Crippen LogP contribution < -0.4 is 20.5 Å². The molecule has 0 saturated carbocycles. The van der Waals surface area contributed by atoms with Crippen molar-refractivity contribution in [1.82, 2.24) is 14.5 Å². The lowest BCUT2D eigenvalue weighted by molar-refractivity contribution is -0.116. The number of hydrogen-bond donors (Lipinski definition) is 1. The molecule has 0 unspecified atom stereocenters. The second-order valence-electron chi connectivity index (χ2n) is 7.27. The molecular weight excluding hydrogens is 390 g/mol. The fourth-order valence-corrected chi connectivity index (χ4v) is 4.54. The van der Waals surface area contributed by atoms with Crippen molar-refractivity contribution in [3.63, 3.8) is 0 Å². The average Bonchev–Trinajstić information content (AvgIpc) is 3.16. The molecule has 8 nitrogen and oxygen atoms in total. The number of aromatic nitrogens is 3. The van der Waals surface area contributed by atoms with Crippen LogP contribution in [0.2, 0.25) is 0 Å². The average molecular weight is 414 g/mol. The van der Waals surface area contributed by atoms with Gasteiger partial charge in [0, 0.05) is 13.1 Å². The highest BCUT2D eigenvalue weighted by atomic mass is 32.1. The molecule has 1 amide bonds. The van der Waals surface area contributed by atoms with E-state index in [1.807, 2.05) is 6.07 Å². The van der Waals surface area contributed by atoms with Gasteiger partial charge in [-0.1, -0.05) is 30.4 Å². The molecule has 1 aromatic carbocycles. The number of ether oxygens (including phenoxy) is 1. The molecular formula is C20H23N5O3S. The summed E-state index contributed by atoms with van der Waals surface area (Å²) < 4.78 is 7.03. The first-order valence-corrected chi connectivity index (χ1v) is 10.4. The lowest BCUT2D eigenvalue weighted by Crippen LogP contribution is -2.34. The summed E-state index contributed by atoms with van der Waals surface area (Å²) >= 11 is 1.35. The van der Waals surface area contributed by atoms with Gasteiger partial charge in [-0.15, -0.1) is 0 Å². The van der Waals surface area contributed by atoms with E-state index in [0.717, 1.165) is 24.6 Å². The third kappa shape index (κ3) is 4.09. The molecule has 1 fully saturated rings. The number of benzene rings is 1. The van der Waals surface area contributed by atoms with E-state index in [1.54, 1.807) is 18.2 Å². The van der Waals surface area contributed by atoms with Crippen LogP contribution in [-0.4, -0.2) is 40.6 Å². The number of nitrogens with one attached hydrogen (secondary N) is 1. The van der Waals surface area contributed by atoms with E-state index in [9.17, 15) is 9.59 Å². The zero-order valence-corrected chi connectivity index (χ0v) is 17.2. The minimum Gasteiger partial charge on any atom is -0.495 e. The van der Waals surface area contributed by atoms with E-state index >= 15 is 0 Å². The Labute approximate surface area is 172 Å². The molecule has 3 heterocycles. The van der Waals surface area contributed by atoms with Crippen molar-refractivity contribution >= 4 is 38.4 Å². The molecule has 152 valence electrons. The number of anilines is 2. The van der Waals surface area contributed by atoms with Crippen molar-refractivity contribution in [2.75, 3.05) is 30.4 Å². The predicted octanol–water partition coefficient (Wildman–Crippen LogP) is 2.74. The SMILES string of the molecule is COc1ccccc1NC(=O)Cn1cnc2nc(N3CCC[C@H](C)C3)sc2c1=O. The molecule has 0 spiro atoms. The van der Waals surface area contributed by atoms with Gasteiger partial charge in [0.15, 0.2) is 10.8 Å². The summed E-state index contributed by atoms with van der Waals surface area (Å²) in [6, 6.07) is 7.13. The number of para-hydroxylation sites is 2. The van der Waals surface area contributed by atoms with Crippen LogP contribution in [0.3, 0.4) is 0 Å². The molecule has 0 radical (unpaired) electrons. The summed E-state index contributed by atoms with van der Waals surface area (Å²) in [5.41, 5.74) is 0.745. The lowest BCUT2D eigenvalue weighted by Gasteiger charge is -2.30. The van der Waals surface area contributed by atoms with E-state index in [0.29, 0.717) is 27.7 Å². The first kappa shape index (κ1) is 19.4. The summed E-state index contributed by atoms with van der Waals surface area (Å²) in [6.07, 6.45) is 3.72. The molecule has 9 heteroatoms. The third-order valence-corrected chi connectivity index (χ3v) is 6.09. The Bertz CT molecular complexity index is 1090. The van der Waals surface area contributed by atoms with E-state index in [-0.39, 0.29) is 18.0 Å². The van der Waals surface area contributed by atoms with E-state index < -0.39 is 0 Å². The van der Waals surface area contributed by atoms with E-state index in [4.69, 9.17) is 4.74 Å². The third-order valence-electron chi connectivity index (χ3n) is 5.00. The Balaban J connectivity index is 1.54. The Kier molecular flexibility index (Phi) is 5.48. The zero-order chi connectivity index (χ0) is 20.4. The molecule has 3 aromatic rings. The molecule has 1 atom stereocenters. The van der Waals surface area contributed by atoms with Gasteiger partial charge in [0.2, 0.25) is 5.91 Å². The van der Waals surface area contributed by atoms with Crippen LogP contribution in [0.4, 0.5) is 10.8 Å². The van der Waals surface area contributed by atoms with Crippen molar-refractivity contribution < 1.29 is 9.53 Å². The monoisotopic (exact) mass is 413 g/mol. The molecule has 0 bridgehead atoms. The molecule has 1 aliphatic rings. The Hall–Kier alpha value is -2.94. The number of amides is 1. The standard InChI is InChI=1S/C20H23N5O3S/c1-13-6-5-9-24(10-13)20-23-18-17(29-20)19(27)25(12-21-18)11-16(26)22-14-7-3-4-8-15(14)28-2/h3-4,7-8,12-13H,5-6,9-11H2,1-2H3,(H,22,26)/t13-/m0/s1. The Morgan fingerprint density at radius 2 is 2.21 bits per heavy atom. The van der Waals surface area contributed by atoms with E-state index in [2.05, 4.69) is 27.1 Å². The highest BCUT2D eigenvalue weighted by Crippen LogP contribution is 2.29. The van der Waals surface area contributed by atoms with Crippen LogP contribution in [-0.2, 0) is 11.3 Å². The number of carbonyl (C=O) groups is 1. The van der Waals surface area contributed by atoms with Gasteiger partial charge < -0.3 is 15.0 Å². The Morgan fingerprint density at radius 3 is 3.00 bits per heavy atom. The molecule has 2 aromatic heterocycles. The number of piperidine rings is 1. The van der Waals surface area contributed by atoms with Crippen molar-refractivity contribution in [2.45, 2.75) is 26.3 Å². The number of nitrogens with zero attached hydrogens (tertiary/aromatic N) is 4. The van der Waals surface area contributed by atoms with Gasteiger partial charge in [-0.25, -0.2) is 4.98 Å². The normalized spacial score (nSPS) is 16.8. The second-order valence-corrected chi connectivity index (χ2v) is 8.25. The molecule has 4 rings (SSSR count). The van der Waals surface area contributed by atoms with Crippen LogP contribution in [0, 0.1) is 5.92 Å². The Morgan fingerprint density at radius 1 is 1.38 bits per heavy atom. The largest absolute Gasteiger partial charge is 0.495 e. The molecule has 1 saturated heterocycles. The van der Waals surface area contributed by atoms with Crippen molar-refractivity contribution in [1.29, 1.82) is 0 Å². The number of carbonyl (C=O) groups excluding carboxylic acids is 1. The fraction of sp³-hybridized carbons (Fsp3) is 0.400. The summed E-state index contributed by atoms with van der Waals surface area (Å²) in [5.74, 6) is 0.844. The van der Waals surface area contributed by atoms with Gasteiger partial charge in [-0.05, 0) is 30.9 Å². The number of thiazole rings is 1. The van der Waals surface area contributed by atoms with Gasteiger partial charge in [-0.2, -0.15) is 4.98 Å². The van der Waals surface area contributed by atoms with Crippen LogP contribution >= 0.6 is 11.3 Å². The minimum absolute atomic E-state index is 0.131. The quantitative estimate of drug-likeness (QED) is 0.692. The highest BCUT2D eigenvalue weighted by molar-refractivity contribution is 7.22. The number of rotatable bonds is 5. The maximum Gasteiger partial charge on any atom is 0.273 e. The fourth-order valence-electron chi connectivity index (χ4n) is 3.54. The summed E-state index contributed by atoms with van der Waals surface area (Å²) in [5, 5.41) is 3.60.